The van der Waals surface area contributed by atoms with E-state index < -0.39 is 0 Å². The zero-order valence-electron chi connectivity index (χ0n) is 32.1. The normalized spacial score (nSPS) is 13.7. The molecular weight excluding hydrogens is 719 g/mol. The van der Waals surface area contributed by atoms with E-state index in [0.29, 0.717) is 0 Å². The lowest BCUT2D eigenvalue weighted by Crippen LogP contribution is -2.23. The van der Waals surface area contributed by atoms with Crippen LogP contribution in [-0.2, 0) is 0 Å². The van der Waals surface area contributed by atoms with Crippen molar-refractivity contribution in [2.24, 2.45) is 0 Å². The number of anilines is 3. The van der Waals surface area contributed by atoms with Crippen LogP contribution in [0.4, 0.5) is 17.1 Å². The minimum atomic E-state index is -0.0835. The van der Waals surface area contributed by atoms with Crippen LogP contribution in [0, 0.1) is 0 Å². The standard InChI is InChI=1S/C55H37N3O/c1-4-15-36(16-5-1)38-27-29-45-44-23-10-12-25-49(44)57(51(45)33-38)43-28-30-46-52(35-43)59-53-34-41(37-17-6-2-7-18-37)32-47(54(46)53)39-19-14-20-40(31-39)55-56-48-24-11-13-26-50(48)58(55)42-21-8-3-9-22-42/h1-35,55-56H. The molecule has 1 aliphatic heterocycles. The lowest BCUT2D eigenvalue weighted by atomic mass is 9.93. The molecule has 0 radical (unpaired) electrons. The summed E-state index contributed by atoms with van der Waals surface area (Å²) in [7, 11) is 0. The van der Waals surface area contributed by atoms with Crippen molar-refractivity contribution in [1.29, 1.82) is 0 Å². The van der Waals surface area contributed by atoms with E-state index in [1.54, 1.807) is 0 Å². The predicted octanol–water partition coefficient (Wildman–Crippen LogP) is 14.9. The summed E-state index contributed by atoms with van der Waals surface area (Å²) in [6.45, 7) is 0. The number of furan rings is 1. The van der Waals surface area contributed by atoms with Crippen molar-refractivity contribution in [2.45, 2.75) is 6.17 Å². The maximum atomic E-state index is 6.95. The molecule has 11 aromatic rings. The molecule has 1 atom stereocenters. The highest BCUT2D eigenvalue weighted by Crippen LogP contribution is 2.47. The van der Waals surface area contributed by atoms with Gasteiger partial charge in [-0.15, -0.1) is 0 Å². The van der Waals surface area contributed by atoms with Crippen LogP contribution in [-0.4, -0.2) is 4.57 Å². The van der Waals surface area contributed by atoms with Crippen molar-refractivity contribution in [3.05, 3.63) is 218 Å². The second kappa shape index (κ2) is 13.4. The second-order valence-corrected chi connectivity index (χ2v) is 15.4. The third-order valence-electron chi connectivity index (χ3n) is 12.0. The summed E-state index contributed by atoms with van der Waals surface area (Å²) in [4.78, 5) is 2.40. The van der Waals surface area contributed by atoms with Gasteiger partial charge in [-0.1, -0.05) is 140 Å². The Balaban J connectivity index is 1.04. The van der Waals surface area contributed by atoms with E-state index in [1.807, 2.05) is 0 Å². The number of aromatic nitrogens is 1. The van der Waals surface area contributed by atoms with Crippen molar-refractivity contribution < 1.29 is 4.42 Å². The first-order valence-corrected chi connectivity index (χ1v) is 20.2. The molecule has 0 spiro atoms. The highest BCUT2D eigenvalue weighted by molar-refractivity contribution is 6.15. The van der Waals surface area contributed by atoms with Crippen LogP contribution in [0.2, 0.25) is 0 Å². The van der Waals surface area contributed by atoms with Gasteiger partial charge in [0.25, 0.3) is 0 Å². The van der Waals surface area contributed by atoms with Crippen LogP contribution in [0.25, 0.3) is 82.8 Å². The molecule has 0 saturated heterocycles. The van der Waals surface area contributed by atoms with Crippen LogP contribution in [0.5, 0.6) is 0 Å². The molecule has 0 bridgehead atoms. The molecule has 278 valence electrons. The molecule has 4 nitrogen and oxygen atoms in total. The second-order valence-electron chi connectivity index (χ2n) is 15.4. The summed E-state index contributed by atoms with van der Waals surface area (Å²) < 4.78 is 9.33. The highest BCUT2D eigenvalue weighted by atomic mass is 16.3. The van der Waals surface area contributed by atoms with Crippen LogP contribution in [0.1, 0.15) is 11.7 Å². The Labute approximate surface area is 341 Å². The van der Waals surface area contributed by atoms with E-state index in [-0.39, 0.29) is 6.17 Å². The largest absolute Gasteiger partial charge is 0.456 e. The maximum absolute atomic E-state index is 6.95. The molecule has 3 heterocycles. The summed E-state index contributed by atoms with van der Waals surface area (Å²) in [6.07, 6.45) is -0.0835. The molecule has 0 saturated carbocycles. The van der Waals surface area contributed by atoms with Crippen molar-refractivity contribution in [3.8, 4) is 39.1 Å². The molecule has 2 aromatic heterocycles. The fourth-order valence-corrected chi connectivity index (χ4v) is 9.26. The number of hydrogen-bond donors (Lipinski definition) is 1. The van der Waals surface area contributed by atoms with Gasteiger partial charge in [-0.05, 0) is 106 Å². The minimum absolute atomic E-state index is 0.0835. The van der Waals surface area contributed by atoms with Gasteiger partial charge in [0.15, 0.2) is 0 Å². The smallest absolute Gasteiger partial charge is 0.137 e. The Bertz CT molecular complexity index is 3370. The molecule has 0 aliphatic carbocycles. The van der Waals surface area contributed by atoms with Gasteiger partial charge in [-0.2, -0.15) is 0 Å². The first-order valence-electron chi connectivity index (χ1n) is 20.2. The fourth-order valence-electron chi connectivity index (χ4n) is 9.26. The van der Waals surface area contributed by atoms with Crippen molar-refractivity contribution in [3.63, 3.8) is 0 Å². The number of nitrogens with one attached hydrogen (secondary N) is 1. The zero-order chi connectivity index (χ0) is 38.9. The Hall–Kier alpha value is -7.82. The van der Waals surface area contributed by atoms with E-state index in [1.165, 1.54) is 44.2 Å². The van der Waals surface area contributed by atoms with E-state index in [0.717, 1.165) is 61.3 Å². The molecule has 1 unspecified atom stereocenters. The Morgan fingerprint density at radius 1 is 0.407 bits per heavy atom. The first kappa shape index (κ1) is 33.3. The van der Waals surface area contributed by atoms with Crippen LogP contribution < -0.4 is 10.2 Å². The van der Waals surface area contributed by atoms with Crippen molar-refractivity contribution in [1.82, 2.24) is 4.57 Å². The zero-order valence-corrected chi connectivity index (χ0v) is 32.1. The van der Waals surface area contributed by atoms with E-state index >= 15 is 0 Å². The lowest BCUT2D eigenvalue weighted by Gasteiger charge is -2.27. The van der Waals surface area contributed by atoms with Gasteiger partial charge in [0.1, 0.15) is 17.3 Å². The van der Waals surface area contributed by atoms with Crippen molar-refractivity contribution in [2.75, 3.05) is 10.2 Å². The van der Waals surface area contributed by atoms with Crippen LogP contribution in [0.15, 0.2) is 217 Å². The number of benzene rings is 9. The maximum Gasteiger partial charge on any atom is 0.137 e. The van der Waals surface area contributed by atoms with E-state index in [2.05, 4.69) is 227 Å². The van der Waals surface area contributed by atoms with Gasteiger partial charge >= 0.3 is 0 Å². The van der Waals surface area contributed by atoms with Gasteiger partial charge in [0, 0.05) is 39.0 Å². The number of fused-ring (bicyclic) bond motifs is 7. The Morgan fingerprint density at radius 3 is 1.92 bits per heavy atom. The lowest BCUT2D eigenvalue weighted by molar-refractivity contribution is 0.669. The summed E-state index contributed by atoms with van der Waals surface area (Å²) in [5.74, 6) is 0. The molecule has 1 N–H and O–H groups in total. The SMILES string of the molecule is c1ccc(-c2cc(-c3cccc(C4Nc5ccccc5N4c4ccccc4)c3)c3c(c2)oc2cc(-n4c5ccccc5c5ccc(-c6ccccc6)cc54)ccc23)cc1. The molecule has 0 fully saturated rings. The Morgan fingerprint density at radius 2 is 1.08 bits per heavy atom. The van der Waals surface area contributed by atoms with Gasteiger partial charge < -0.3 is 19.2 Å². The number of nitrogens with zero attached hydrogens (tertiary/aromatic N) is 2. The molecule has 0 amide bonds. The summed E-state index contributed by atoms with van der Waals surface area (Å²) in [5.41, 5.74) is 16.7. The number of para-hydroxylation sites is 4. The molecule has 9 aromatic carbocycles. The van der Waals surface area contributed by atoms with Gasteiger partial charge in [0.05, 0.1) is 22.4 Å². The summed E-state index contributed by atoms with van der Waals surface area (Å²) in [6, 6.07) is 76.2. The monoisotopic (exact) mass is 755 g/mol. The van der Waals surface area contributed by atoms with Gasteiger partial charge in [-0.25, -0.2) is 0 Å². The quantitative estimate of drug-likeness (QED) is 0.183. The number of hydrogen-bond acceptors (Lipinski definition) is 3. The molecule has 4 heteroatoms. The topological polar surface area (TPSA) is 33.3 Å². The first-order chi connectivity index (χ1) is 29.2. The van der Waals surface area contributed by atoms with Gasteiger partial charge in [-0.3, -0.25) is 0 Å². The summed E-state index contributed by atoms with van der Waals surface area (Å²) in [5, 5.41) is 8.50. The molecular formula is C55H37N3O. The predicted molar refractivity (Wildman–Crippen MR) is 246 cm³/mol. The third kappa shape index (κ3) is 5.45. The average Bonchev–Trinajstić information content (AvgIpc) is 3.99. The minimum Gasteiger partial charge on any atom is -0.456 e. The number of rotatable bonds is 6. The highest BCUT2D eigenvalue weighted by Gasteiger charge is 2.31. The van der Waals surface area contributed by atoms with Crippen LogP contribution >= 0.6 is 0 Å². The molecule has 59 heavy (non-hydrogen) atoms. The van der Waals surface area contributed by atoms with E-state index in [4.69, 9.17) is 4.42 Å². The van der Waals surface area contributed by atoms with E-state index in [9.17, 15) is 0 Å². The Kier molecular flexibility index (Phi) is 7.57. The van der Waals surface area contributed by atoms with Crippen LogP contribution in [0.3, 0.4) is 0 Å². The van der Waals surface area contributed by atoms with Gasteiger partial charge in [0.2, 0.25) is 0 Å². The average molecular weight is 756 g/mol. The molecule has 12 rings (SSSR count). The van der Waals surface area contributed by atoms with Crippen molar-refractivity contribution >= 4 is 60.8 Å². The third-order valence-corrected chi connectivity index (χ3v) is 12.0. The fraction of sp³-hybridized carbons (Fsp3) is 0.0182. The molecule has 1 aliphatic rings. The summed E-state index contributed by atoms with van der Waals surface area (Å²) >= 11 is 0.